The first kappa shape index (κ1) is 11.8. The molecule has 0 saturated carbocycles. The van der Waals surface area contributed by atoms with Crippen molar-refractivity contribution < 1.29 is 29.6 Å². The Morgan fingerprint density at radius 2 is 1.89 bits per heavy atom. The molecule has 0 aromatic heterocycles. The number of ketones is 1. The Labute approximate surface area is 68.0 Å². The van der Waals surface area contributed by atoms with E-state index >= 15 is 0 Å². The molecule has 0 spiro atoms. The Morgan fingerprint density at radius 3 is 1.89 bits per heavy atom. The van der Waals surface area contributed by atoms with Gasteiger partial charge < -0.3 is 4.79 Å². The Hall–Kier alpha value is 0.00234. The van der Waals surface area contributed by atoms with Crippen LogP contribution in [0.25, 0.3) is 0 Å². The van der Waals surface area contributed by atoms with E-state index in [4.69, 9.17) is 0 Å². The summed E-state index contributed by atoms with van der Waals surface area (Å²) in [5.74, 6) is -2.05. The fraction of sp³-hybridized carbons (Fsp3) is 0.500. The molecule has 1 radical (unpaired) electrons. The predicted molar refractivity (Wildman–Crippen MR) is 28.8 cm³/mol. The smallest absolute Gasteiger partial charge is 0.0369 e. The summed E-state index contributed by atoms with van der Waals surface area (Å²) in [6.07, 6.45) is 0. The van der Waals surface area contributed by atoms with Gasteiger partial charge in [-0.1, -0.05) is 19.8 Å². The van der Waals surface area contributed by atoms with Gasteiger partial charge in [-0.3, -0.25) is 6.58 Å². The van der Waals surface area contributed by atoms with Gasteiger partial charge in [0.25, 0.3) is 0 Å². The normalized spacial score (nSPS) is 8.44. The molecule has 0 aromatic rings. The second-order valence-corrected chi connectivity index (χ2v) is 1.87. The largest absolute Gasteiger partial charge is 0.404 e. The quantitative estimate of drug-likeness (QED) is 0.558. The van der Waals surface area contributed by atoms with E-state index in [1.807, 2.05) is 0 Å². The third kappa shape index (κ3) is 4.50. The fourth-order valence-electron chi connectivity index (χ4n) is 0.276. The van der Waals surface area contributed by atoms with Gasteiger partial charge in [0, 0.05) is 26.2 Å². The van der Waals surface area contributed by atoms with Crippen LogP contribution in [0.4, 0.5) is 4.39 Å². The predicted octanol–water partition coefficient (Wildman–Crippen LogP) is 1.50. The second kappa shape index (κ2) is 4.84. The molecule has 0 N–H and O–H groups in total. The number of carbonyl (C=O) groups is 1. The van der Waals surface area contributed by atoms with E-state index in [-0.39, 0.29) is 26.3 Å². The summed E-state index contributed by atoms with van der Waals surface area (Å²) in [5, 5.41) is 0. The minimum atomic E-state index is -1.10. The molecule has 3 heteroatoms. The summed E-state index contributed by atoms with van der Waals surface area (Å²) >= 11 is 0. The molecular weight excluding hydrogens is 293 g/mol. The molecule has 53 valence electrons. The number of allylic oxidation sites excluding steroid dienone is 1. The van der Waals surface area contributed by atoms with Gasteiger partial charge in [-0.05, 0) is 5.83 Å². The summed E-state index contributed by atoms with van der Waals surface area (Å²) in [5.41, 5.74) is 0. The van der Waals surface area contributed by atoms with E-state index in [1.165, 1.54) is 0 Å². The Morgan fingerprint density at radius 1 is 1.56 bits per heavy atom. The molecule has 0 fully saturated rings. The summed E-state index contributed by atoms with van der Waals surface area (Å²) in [6, 6.07) is 0. The monoisotopic (exact) mass is 302 g/mol. The minimum Gasteiger partial charge on any atom is -0.404 e. The third-order valence-electron chi connectivity index (χ3n) is 0.760. The van der Waals surface area contributed by atoms with Gasteiger partial charge >= 0.3 is 0 Å². The number of hydrogen-bond acceptors (Lipinski definition) is 1. The van der Waals surface area contributed by atoms with E-state index in [1.54, 1.807) is 13.8 Å². The molecule has 0 atom stereocenters. The van der Waals surface area contributed by atoms with Crippen molar-refractivity contribution in [1.82, 2.24) is 0 Å². The van der Waals surface area contributed by atoms with Crippen LogP contribution in [0.2, 0.25) is 0 Å². The number of Topliss-reactive ketones (excluding diaryl/α,β-unsaturated/α-hetero) is 1. The van der Waals surface area contributed by atoms with Crippen LogP contribution in [0.1, 0.15) is 13.8 Å². The first-order chi connectivity index (χ1) is 3.55. The zero-order chi connectivity index (χ0) is 6.73. The average molecular weight is 301 g/mol. The number of hydrogen-bond donors (Lipinski definition) is 0. The van der Waals surface area contributed by atoms with Crippen LogP contribution in [-0.2, 0) is 25.2 Å². The number of rotatable bonds is 2. The molecule has 1 nitrogen and oxygen atoms in total. The zero-order valence-electron chi connectivity index (χ0n) is 5.32. The van der Waals surface area contributed by atoms with E-state index in [9.17, 15) is 9.18 Å². The molecule has 9 heavy (non-hydrogen) atoms. The van der Waals surface area contributed by atoms with E-state index < -0.39 is 11.6 Å². The molecule has 0 rings (SSSR count). The molecule has 0 aliphatic heterocycles. The number of halogens is 1. The Kier molecular flexibility index (Phi) is 6.32. The molecule has 0 unspecified atom stereocenters. The maximum absolute atomic E-state index is 11.7. The fourth-order valence-corrected chi connectivity index (χ4v) is 0.276. The number of carbonyl (C=O) groups excluding carboxylic acids is 1. The van der Waals surface area contributed by atoms with Crippen LogP contribution in [0.3, 0.4) is 0 Å². The van der Waals surface area contributed by atoms with Crippen molar-refractivity contribution in [3.63, 3.8) is 0 Å². The molecule has 0 saturated heterocycles. The molecule has 0 amide bonds. The second-order valence-electron chi connectivity index (χ2n) is 1.87. The summed E-state index contributed by atoms with van der Waals surface area (Å²) in [7, 11) is 0. The molecule has 0 aromatic carbocycles. The average Bonchev–Trinajstić information content (AvgIpc) is 1.64. The Balaban J connectivity index is 0. The maximum atomic E-state index is 11.7. The van der Waals surface area contributed by atoms with Crippen LogP contribution >= 0.6 is 0 Å². The minimum absolute atomic E-state index is 0. The SMILES string of the molecule is [CH-]=C(F)C(=O)C(C)C.[Re]. The first-order valence-corrected chi connectivity index (χ1v) is 2.38. The van der Waals surface area contributed by atoms with E-state index in [0.717, 1.165) is 0 Å². The molecular formula is C6H8FORe-. The van der Waals surface area contributed by atoms with Gasteiger partial charge in [0.1, 0.15) is 0 Å². The Bertz CT molecular complexity index is 120. The van der Waals surface area contributed by atoms with Crippen molar-refractivity contribution in [3.8, 4) is 0 Å². The van der Waals surface area contributed by atoms with Crippen molar-refractivity contribution >= 4 is 5.78 Å². The third-order valence-corrected chi connectivity index (χ3v) is 0.760. The van der Waals surface area contributed by atoms with E-state index in [0.29, 0.717) is 0 Å². The zero-order valence-corrected chi connectivity index (χ0v) is 8.03. The van der Waals surface area contributed by atoms with Crippen LogP contribution in [-0.4, -0.2) is 5.78 Å². The van der Waals surface area contributed by atoms with Gasteiger partial charge in [0.05, 0.1) is 0 Å². The molecule has 0 bridgehead atoms. The summed E-state index contributed by atoms with van der Waals surface area (Å²) < 4.78 is 11.7. The van der Waals surface area contributed by atoms with Gasteiger partial charge in [-0.25, -0.2) is 4.39 Å². The standard InChI is InChI=1S/C6H8FO.Re/c1-4(2)6(8)5(3)7;/h3-4H,1-2H3;/q-1;. The van der Waals surface area contributed by atoms with Crippen LogP contribution in [0, 0.1) is 12.5 Å². The van der Waals surface area contributed by atoms with Crippen molar-refractivity contribution in [2.24, 2.45) is 5.92 Å². The van der Waals surface area contributed by atoms with Crippen molar-refractivity contribution in [3.05, 3.63) is 12.4 Å². The molecule has 0 aliphatic rings. The summed E-state index contributed by atoms with van der Waals surface area (Å²) in [6.45, 7) is 7.72. The van der Waals surface area contributed by atoms with E-state index in [2.05, 4.69) is 6.58 Å². The van der Waals surface area contributed by atoms with Gasteiger partial charge in [-0.2, -0.15) is 0 Å². The maximum Gasteiger partial charge on any atom is 0.0369 e. The molecule has 0 heterocycles. The van der Waals surface area contributed by atoms with Gasteiger partial charge in [-0.15, -0.1) is 0 Å². The molecule has 0 aliphatic carbocycles. The van der Waals surface area contributed by atoms with Gasteiger partial charge in [0.2, 0.25) is 0 Å². The van der Waals surface area contributed by atoms with Crippen LogP contribution < -0.4 is 0 Å². The van der Waals surface area contributed by atoms with Crippen molar-refractivity contribution in [2.45, 2.75) is 13.8 Å². The topological polar surface area (TPSA) is 17.1 Å². The van der Waals surface area contributed by atoms with Crippen LogP contribution in [0.5, 0.6) is 0 Å². The van der Waals surface area contributed by atoms with Crippen LogP contribution in [0.15, 0.2) is 5.83 Å². The summed E-state index contributed by atoms with van der Waals surface area (Å²) in [4.78, 5) is 10.3. The first-order valence-electron chi connectivity index (χ1n) is 2.38. The van der Waals surface area contributed by atoms with Crippen molar-refractivity contribution in [2.75, 3.05) is 0 Å². The van der Waals surface area contributed by atoms with Gasteiger partial charge in [0.15, 0.2) is 0 Å². The van der Waals surface area contributed by atoms with Crippen molar-refractivity contribution in [1.29, 1.82) is 0 Å².